The van der Waals surface area contributed by atoms with Gasteiger partial charge in [-0.3, -0.25) is 0 Å². The summed E-state index contributed by atoms with van der Waals surface area (Å²) in [5.41, 5.74) is 0.162. The molecule has 0 aliphatic rings. The van der Waals surface area contributed by atoms with Crippen molar-refractivity contribution in [2.75, 3.05) is 7.11 Å². The predicted octanol–water partition coefficient (Wildman–Crippen LogP) is 7.43. The Balaban J connectivity index is 2.55. The second-order valence-corrected chi connectivity index (χ2v) is 7.79. The van der Waals surface area contributed by atoms with E-state index in [9.17, 15) is 13.2 Å². The predicted molar refractivity (Wildman–Crippen MR) is 102 cm³/mol. The maximum Gasteiger partial charge on any atom is 0.416 e. The lowest BCUT2D eigenvalue weighted by Gasteiger charge is -2.33. The van der Waals surface area contributed by atoms with Gasteiger partial charge >= 0.3 is 6.18 Å². The molecular weight excluding hydrogens is 337 g/mol. The van der Waals surface area contributed by atoms with Crippen molar-refractivity contribution in [2.24, 2.45) is 5.92 Å². The van der Waals surface area contributed by atoms with E-state index < -0.39 is 11.7 Å². The van der Waals surface area contributed by atoms with Gasteiger partial charge in [0, 0.05) is 7.11 Å². The molecule has 0 aliphatic carbocycles. The number of hydrogen-bond acceptors (Lipinski definition) is 1. The van der Waals surface area contributed by atoms with Gasteiger partial charge in [0.25, 0.3) is 0 Å². The smallest absolute Gasteiger partial charge is 0.379 e. The molecule has 1 atom stereocenters. The van der Waals surface area contributed by atoms with Crippen molar-refractivity contribution >= 4 is 0 Å². The molecule has 0 aliphatic heterocycles. The summed E-state index contributed by atoms with van der Waals surface area (Å²) in [5, 5.41) is 0. The molecule has 1 rings (SSSR count). The zero-order valence-corrected chi connectivity index (χ0v) is 16.8. The fourth-order valence-corrected chi connectivity index (χ4v) is 3.38. The fourth-order valence-electron chi connectivity index (χ4n) is 3.38. The highest BCUT2D eigenvalue weighted by molar-refractivity contribution is 5.24. The van der Waals surface area contributed by atoms with Gasteiger partial charge in [-0.1, -0.05) is 57.6 Å². The van der Waals surface area contributed by atoms with Crippen molar-refractivity contribution in [1.29, 1.82) is 0 Å². The maximum atomic E-state index is 12.7. The largest absolute Gasteiger partial charge is 0.416 e. The number of unbranched alkanes of at least 4 members (excludes halogenated alkanes) is 5. The number of halogens is 3. The average molecular weight is 373 g/mol. The molecule has 150 valence electrons. The van der Waals surface area contributed by atoms with Gasteiger partial charge in [0.05, 0.1) is 11.2 Å². The van der Waals surface area contributed by atoms with Crippen molar-refractivity contribution in [3.63, 3.8) is 0 Å². The van der Waals surface area contributed by atoms with E-state index in [1.807, 2.05) is 0 Å². The summed E-state index contributed by atoms with van der Waals surface area (Å²) in [6.07, 6.45) is 6.14. The number of hydrogen-bond donors (Lipinski definition) is 0. The average Bonchev–Trinajstić information content (AvgIpc) is 2.59. The lowest BCUT2D eigenvalue weighted by atomic mass is 9.82. The third-order valence-electron chi connectivity index (χ3n) is 5.48. The molecule has 0 saturated carbocycles. The molecule has 0 spiro atoms. The molecule has 0 amide bonds. The summed E-state index contributed by atoms with van der Waals surface area (Å²) in [6.45, 7) is 6.45. The highest BCUT2D eigenvalue weighted by Gasteiger charge is 2.30. The molecule has 0 heterocycles. The van der Waals surface area contributed by atoms with E-state index >= 15 is 0 Å². The molecule has 1 aromatic rings. The summed E-state index contributed by atoms with van der Waals surface area (Å²) in [7, 11) is 1.74. The van der Waals surface area contributed by atoms with Gasteiger partial charge in [0.15, 0.2) is 0 Å². The topological polar surface area (TPSA) is 9.23 Å². The van der Waals surface area contributed by atoms with Crippen LogP contribution in [0.15, 0.2) is 24.3 Å². The Kier molecular flexibility index (Phi) is 9.70. The fraction of sp³-hybridized carbons (Fsp3) is 0.727. The van der Waals surface area contributed by atoms with Gasteiger partial charge in [-0.05, 0) is 56.7 Å². The van der Waals surface area contributed by atoms with E-state index in [1.54, 1.807) is 19.2 Å². The summed E-state index contributed by atoms with van der Waals surface area (Å²) in [4.78, 5) is 0. The Morgan fingerprint density at radius 2 is 1.46 bits per heavy atom. The molecule has 1 aromatic carbocycles. The van der Waals surface area contributed by atoms with Gasteiger partial charge in [-0.15, -0.1) is 0 Å². The Bertz CT molecular complexity index is 491. The van der Waals surface area contributed by atoms with Crippen LogP contribution in [0.25, 0.3) is 0 Å². The van der Waals surface area contributed by atoms with Crippen LogP contribution in [-0.4, -0.2) is 12.7 Å². The zero-order valence-electron chi connectivity index (χ0n) is 16.8. The Labute approximate surface area is 157 Å². The van der Waals surface area contributed by atoms with Crippen molar-refractivity contribution in [3.05, 3.63) is 35.4 Å². The van der Waals surface area contributed by atoms with Crippen molar-refractivity contribution in [2.45, 2.75) is 90.3 Å². The normalized spacial score (nSPS) is 13.8. The third kappa shape index (κ3) is 8.11. The minimum atomic E-state index is -4.27. The van der Waals surface area contributed by atoms with Crippen LogP contribution in [0.3, 0.4) is 0 Å². The minimum absolute atomic E-state index is 0.213. The van der Waals surface area contributed by atoms with Gasteiger partial charge in [0.1, 0.15) is 0 Å². The number of benzene rings is 1. The van der Waals surface area contributed by atoms with Crippen LogP contribution in [0.2, 0.25) is 0 Å². The van der Waals surface area contributed by atoms with Crippen LogP contribution >= 0.6 is 0 Å². The highest BCUT2D eigenvalue weighted by Crippen LogP contribution is 2.32. The van der Waals surface area contributed by atoms with Crippen LogP contribution in [0.5, 0.6) is 0 Å². The quantitative estimate of drug-likeness (QED) is 0.347. The zero-order chi connectivity index (χ0) is 19.6. The molecule has 4 heteroatoms. The summed E-state index contributed by atoms with van der Waals surface area (Å²) in [5.74, 6) is 0.404. The highest BCUT2D eigenvalue weighted by atomic mass is 19.4. The summed E-state index contributed by atoms with van der Waals surface area (Å²) in [6, 6.07) is 5.56. The van der Waals surface area contributed by atoms with Gasteiger partial charge in [-0.2, -0.15) is 13.2 Å². The number of alkyl halides is 3. The monoisotopic (exact) mass is 372 g/mol. The number of rotatable bonds is 12. The summed E-state index contributed by atoms with van der Waals surface area (Å²) >= 11 is 0. The molecule has 0 aromatic heterocycles. The van der Waals surface area contributed by atoms with Gasteiger partial charge in [-0.25, -0.2) is 0 Å². The van der Waals surface area contributed by atoms with Crippen LogP contribution in [0.4, 0.5) is 13.2 Å². The maximum absolute atomic E-state index is 12.7. The first-order valence-corrected chi connectivity index (χ1v) is 9.92. The number of ether oxygens (including phenoxy) is 1. The lowest BCUT2D eigenvalue weighted by molar-refractivity contribution is -0.137. The SMILES string of the molecule is CCCCCCCCC(CCc1ccc(C(F)(F)F)cc1)C(C)(C)OC. The molecule has 1 unspecified atom stereocenters. The van der Waals surface area contributed by atoms with E-state index in [2.05, 4.69) is 20.8 Å². The lowest BCUT2D eigenvalue weighted by Crippen LogP contribution is -2.33. The van der Waals surface area contributed by atoms with E-state index in [4.69, 9.17) is 4.74 Å². The van der Waals surface area contributed by atoms with Gasteiger partial charge in [0.2, 0.25) is 0 Å². The molecule has 26 heavy (non-hydrogen) atoms. The molecule has 0 N–H and O–H groups in total. The second-order valence-electron chi connectivity index (χ2n) is 7.79. The number of methoxy groups -OCH3 is 1. The van der Waals surface area contributed by atoms with Crippen LogP contribution in [0.1, 0.15) is 83.3 Å². The molecule has 1 nitrogen and oxygen atoms in total. The second kappa shape index (κ2) is 11.0. The van der Waals surface area contributed by atoms with Gasteiger partial charge < -0.3 is 4.74 Å². The van der Waals surface area contributed by atoms with Crippen LogP contribution < -0.4 is 0 Å². The van der Waals surface area contributed by atoms with E-state index in [0.717, 1.165) is 24.8 Å². The molecule has 0 saturated heterocycles. The Hall–Kier alpha value is -1.03. The summed E-state index contributed by atoms with van der Waals surface area (Å²) < 4.78 is 43.7. The molecule has 0 bridgehead atoms. The Morgan fingerprint density at radius 1 is 0.885 bits per heavy atom. The van der Waals surface area contributed by atoms with E-state index in [0.29, 0.717) is 5.92 Å². The number of aryl methyl sites for hydroxylation is 1. The van der Waals surface area contributed by atoms with Crippen molar-refractivity contribution < 1.29 is 17.9 Å². The standard InChI is InChI=1S/C22H35F3O/c1-5-6-7-8-9-10-11-19(21(2,3)26-4)15-12-18-13-16-20(17-14-18)22(23,24)25/h13-14,16-17,19H,5-12,15H2,1-4H3. The first-order valence-electron chi connectivity index (χ1n) is 9.92. The van der Waals surface area contributed by atoms with Crippen LogP contribution in [0, 0.1) is 5.92 Å². The minimum Gasteiger partial charge on any atom is -0.379 e. The third-order valence-corrected chi connectivity index (χ3v) is 5.48. The van der Waals surface area contributed by atoms with Crippen molar-refractivity contribution in [1.82, 2.24) is 0 Å². The van der Waals surface area contributed by atoms with Crippen molar-refractivity contribution in [3.8, 4) is 0 Å². The first-order chi connectivity index (χ1) is 12.2. The van der Waals surface area contributed by atoms with E-state index in [1.165, 1.54) is 50.7 Å². The van der Waals surface area contributed by atoms with E-state index in [-0.39, 0.29) is 5.60 Å². The first kappa shape index (κ1) is 23.0. The van der Waals surface area contributed by atoms with Crippen LogP contribution in [-0.2, 0) is 17.3 Å². The molecule has 0 fully saturated rings. The molecular formula is C22H35F3O. The molecule has 0 radical (unpaired) electrons. The Morgan fingerprint density at radius 3 is 2.00 bits per heavy atom.